The molecule has 2 aromatic rings. The summed E-state index contributed by atoms with van der Waals surface area (Å²) >= 11 is 0. The van der Waals surface area contributed by atoms with Gasteiger partial charge in [-0.05, 0) is 44.0 Å². The molecule has 8 heteroatoms. The number of methoxy groups -OCH3 is 1. The van der Waals surface area contributed by atoms with Crippen LogP contribution in [0.1, 0.15) is 50.6 Å². The smallest absolute Gasteiger partial charge is 0.300 e. The molecule has 1 aromatic carbocycles. The van der Waals surface area contributed by atoms with Crippen molar-refractivity contribution in [1.82, 2.24) is 4.72 Å². The van der Waals surface area contributed by atoms with E-state index in [1.807, 2.05) is 4.72 Å². The maximum atomic E-state index is 12.5. The molecule has 26 heavy (non-hydrogen) atoms. The van der Waals surface area contributed by atoms with Gasteiger partial charge in [0.1, 0.15) is 11.5 Å². The van der Waals surface area contributed by atoms with Crippen LogP contribution in [0.25, 0.3) is 0 Å². The van der Waals surface area contributed by atoms with E-state index in [9.17, 15) is 18.0 Å². The molecular formula is C18H19NO6S. The summed E-state index contributed by atoms with van der Waals surface area (Å²) in [4.78, 5) is 24.4. The van der Waals surface area contributed by atoms with Gasteiger partial charge >= 0.3 is 5.91 Å². The average Bonchev–Trinajstić information content (AvgIpc) is 2.92. The molecule has 1 aromatic heterocycles. The van der Waals surface area contributed by atoms with Crippen molar-refractivity contribution in [1.29, 1.82) is 0 Å². The number of ketones is 1. The minimum Gasteiger partial charge on any atom is -0.496 e. The summed E-state index contributed by atoms with van der Waals surface area (Å²) in [6.07, 6.45) is 1.61. The number of sulfonamides is 1. The quantitative estimate of drug-likeness (QED) is 0.878. The van der Waals surface area contributed by atoms with Crippen LogP contribution in [0.5, 0.6) is 5.75 Å². The predicted octanol–water partition coefficient (Wildman–Crippen LogP) is 2.54. The van der Waals surface area contributed by atoms with Crippen LogP contribution >= 0.6 is 0 Å². The molecule has 3 rings (SSSR count). The van der Waals surface area contributed by atoms with Crippen molar-refractivity contribution in [3.05, 3.63) is 46.4 Å². The van der Waals surface area contributed by atoms with E-state index in [1.165, 1.54) is 25.3 Å². The number of hydrogen-bond acceptors (Lipinski definition) is 6. The third kappa shape index (κ3) is 3.12. The van der Waals surface area contributed by atoms with Crippen LogP contribution in [0.3, 0.4) is 0 Å². The number of benzene rings is 1. The summed E-state index contributed by atoms with van der Waals surface area (Å²) in [7, 11) is -2.60. The summed E-state index contributed by atoms with van der Waals surface area (Å²) in [5, 5.41) is 0. The van der Waals surface area contributed by atoms with Crippen LogP contribution < -0.4 is 9.46 Å². The van der Waals surface area contributed by atoms with Gasteiger partial charge in [0.05, 0.1) is 17.6 Å². The minimum atomic E-state index is -4.09. The molecule has 1 aliphatic carbocycles. The molecule has 0 fully saturated rings. The summed E-state index contributed by atoms with van der Waals surface area (Å²) < 4.78 is 37.6. The molecule has 0 aliphatic heterocycles. The SMILES string of the molecule is COc1ccc(S(=O)(=O)NC(=O)c2oc3c(c2C)C(=O)CCC3)cc1C. The molecule has 0 saturated carbocycles. The maximum Gasteiger partial charge on any atom is 0.300 e. The van der Waals surface area contributed by atoms with Crippen LogP contribution in [0.4, 0.5) is 0 Å². The number of carbonyl (C=O) groups excluding carboxylic acids is 2. The first-order valence-electron chi connectivity index (χ1n) is 8.12. The highest BCUT2D eigenvalue weighted by molar-refractivity contribution is 7.90. The Bertz CT molecular complexity index is 1000. The lowest BCUT2D eigenvalue weighted by Gasteiger charge is -2.09. The van der Waals surface area contributed by atoms with Crippen molar-refractivity contribution < 1.29 is 27.2 Å². The van der Waals surface area contributed by atoms with Gasteiger partial charge < -0.3 is 9.15 Å². The fourth-order valence-corrected chi connectivity index (χ4v) is 4.14. The number of ether oxygens (including phenoxy) is 1. The summed E-state index contributed by atoms with van der Waals surface area (Å²) in [5.41, 5.74) is 1.40. The molecule has 0 unspecified atom stereocenters. The standard InChI is InChI=1S/C18H19NO6S/c1-10-9-12(7-8-14(10)24-3)26(22,23)19-18(21)17-11(2)16-13(20)5-4-6-15(16)25-17/h7-9H,4-6H2,1-3H3,(H,19,21). The van der Waals surface area contributed by atoms with E-state index >= 15 is 0 Å². The van der Waals surface area contributed by atoms with Gasteiger partial charge in [-0.1, -0.05) is 0 Å². The average molecular weight is 377 g/mol. The van der Waals surface area contributed by atoms with Crippen molar-refractivity contribution >= 4 is 21.7 Å². The molecule has 0 saturated heterocycles. The number of carbonyl (C=O) groups is 2. The van der Waals surface area contributed by atoms with E-state index in [0.29, 0.717) is 47.5 Å². The predicted molar refractivity (Wildman–Crippen MR) is 93.1 cm³/mol. The summed E-state index contributed by atoms with van der Waals surface area (Å²) in [6, 6.07) is 4.28. The van der Waals surface area contributed by atoms with Gasteiger partial charge in [-0.2, -0.15) is 0 Å². The number of Topliss-reactive ketones (excluding diaryl/α,β-unsaturated/α-hetero) is 1. The van der Waals surface area contributed by atoms with E-state index in [0.717, 1.165) is 0 Å². The molecule has 1 heterocycles. The Hall–Kier alpha value is -2.61. The molecule has 1 amide bonds. The number of fused-ring (bicyclic) bond motifs is 1. The van der Waals surface area contributed by atoms with Crippen LogP contribution in [0.15, 0.2) is 27.5 Å². The molecule has 1 N–H and O–H groups in total. The van der Waals surface area contributed by atoms with Crippen molar-refractivity contribution in [3.8, 4) is 5.75 Å². The number of rotatable bonds is 4. The fraction of sp³-hybridized carbons (Fsp3) is 0.333. The largest absolute Gasteiger partial charge is 0.496 e. The van der Waals surface area contributed by atoms with Crippen LogP contribution in [0, 0.1) is 13.8 Å². The van der Waals surface area contributed by atoms with E-state index in [2.05, 4.69) is 0 Å². The van der Waals surface area contributed by atoms with Gasteiger partial charge in [0.2, 0.25) is 0 Å². The van der Waals surface area contributed by atoms with E-state index in [4.69, 9.17) is 9.15 Å². The van der Waals surface area contributed by atoms with Gasteiger partial charge in [-0.15, -0.1) is 0 Å². The van der Waals surface area contributed by atoms with Crippen LogP contribution in [-0.4, -0.2) is 27.2 Å². The highest BCUT2D eigenvalue weighted by Crippen LogP contribution is 2.29. The first-order valence-corrected chi connectivity index (χ1v) is 9.60. The van der Waals surface area contributed by atoms with Crippen LogP contribution in [-0.2, 0) is 16.4 Å². The highest BCUT2D eigenvalue weighted by atomic mass is 32.2. The Morgan fingerprint density at radius 2 is 1.96 bits per heavy atom. The van der Waals surface area contributed by atoms with Crippen LogP contribution in [0.2, 0.25) is 0 Å². The third-order valence-corrected chi connectivity index (χ3v) is 5.74. The Kier molecular flexibility index (Phi) is 4.62. The Morgan fingerprint density at radius 3 is 2.58 bits per heavy atom. The molecule has 0 spiro atoms. The zero-order valence-corrected chi connectivity index (χ0v) is 15.5. The van der Waals surface area contributed by atoms with E-state index in [1.54, 1.807) is 13.8 Å². The molecule has 0 bridgehead atoms. The number of aryl methyl sites for hydroxylation is 2. The second-order valence-electron chi connectivity index (χ2n) is 6.20. The lowest BCUT2D eigenvalue weighted by molar-refractivity contribution is 0.0944. The van der Waals surface area contributed by atoms with Gasteiger partial charge in [-0.25, -0.2) is 13.1 Å². The number of amides is 1. The van der Waals surface area contributed by atoms with Gasteiger partial charge in [-0.3, -0.25) is 9.59 Å². The molecule has 1 aliphatic rings. The Balaban J connectivity index is 1.90. The third-order valence-electron chi connectivity index (χ3n) is 4.42. The van der Waals surface area contributed by atoms with Crippen molar-refractivity contribution in [2.24, 2.45) is 0 Å². The van der Waals surface area contributed by atoms with Gasteiger partial charge in [0, 0.05) is 18.4 Å². The normalized spacial score (nSPS) is 14.0. The zero-order chi connectivity index (χ0) is 19.1. The Morgan fingerprint density at radius 1 is 1.23 bits per heavy atom. The fourth-order valence-electron chi connectivity index (χ4n) is 3.11. The summed E-state index contributed by atoms with van der Waals surface area (Å²) in [6.45, 7) is 3.29. The lowest BCUT2D eigenvalue weighted by Crippen LogP contribution is -2.30. The zero-order valence-electron chi connectivity index (χ0n) is 14.7. The first-order chi connectivity index (χ1) is 12.2. The molecule has 0 radical (unpaired) electrons. The van der Waals surface area contributed by atoms with E-state index in [-0.39, 0.29) is 16.4 Å². The van der Waals surface area contributed by atoms with E-state index < -0.39 is 15.9 Å². The van der Waals surface area contributed by atoms with Crippen molar-refractivity contribution in [3.63, 3.8) is 0 Å². The second-order valence-corrected chi connectivity index (χ2v) is 7.88. The highest BCUT2D eigenvalue weighted by Gasteiger charge is 2.30. The maximum absolute atomic E-state index is 12.5. The number of furan rings is 1. The molecular weight excluding hydrogens is 358 g/mol. The van der Waals surface area contributed by atoms with Gasteiger partial charge in [0.25, 0.3) is 10.0 Å². The second kappa shape index (κ2) is 6.60. The monoisotopic (exact) mass is 377 g/mol. The summed E-state index contributed by atoms with van der Waals surface area (Å²) in [5.74, 6) is -0.123. The van der Waals surface area contributed by atoms with Gasteiger partial charge in [0.15, 0.2) is 11.5 Å². The minimum absolute atomic E-state index is 0.0609. The lowest BCUT2D eigenvalue weighted by atomic mass is 9.94. The van der Waals surface area contributed by atoms with Crippen molar-refractivity contribution in [2.75, 3.05) is 7.11 Å². The molecule has 7 nitrogen and oxygen atoms in total. The molecule has 0 atom stereocenters. The number of hydrogen-bond donors (Lipinski definition) is 1. The topological polar surface area (TPSA) is 103 Å². The first kappa shape index (κ1) is 18.2. The van der Waals surface area contributed by atoms with Crippen molar-refractivity contribution in [2.45, 2.75) is 38.0 Å². The number of nitrogens with one attached hydrogen (secondary N) is 1. The molecule has 138 valence electrons. The Labute approximate surface area is 151 Å².